The summed E-state index contributed by atoms with van der Waals surface area (Å²) in [4.78, 5) is 4.79. The summed E-state index contributed by atoms with van der Waals surface area (Å²) in [5.74, 6) is 0.799. The van der Waals surface area contributed by atoms with Gasteiger partial charge in [0.15, 0.2) is 0 Å². The van der Waals surface area contributed by atoms with E-state index in [1.54, 1.807) is 34.8 Å². The summed E-state index contributed by atoms with van der Waals surface area (Å²) in [6.45, 7) is 1.74. The number of sulfonamides is 1. The zero-order valence-electron chi connectivity index (χ0n) is 17.4. The van der Waals surface area contributed by atoms with Crippen LogP contribution in [0.15, 0.2) is 88.8 Å². The Morgan fingerprint density at radius 2 is 1.52 bits per heavy atom. The second-order valence-electron chi connectivity index (χ2n) is 7.56. The van der Waals surface area contributed by atoms with Crippen LogP contribution in [0.5, 0.6) is 5.75 Å². The quantitative estimate of drug-likeness (QED) is 0.481. The van der Waals surface area contributed by atoms with Crippen LogP contribution in [0.3, 0.4) is 0 Å². The van der Waals surface area contributed by atoms with Crippen molar-refractivity contribution in [2.75, 3.05) is 13.1 Å². The van der Waals surface area contributed by atoms with E-state index in [2.05, 4.69) is 4.99 Å². The SMILES string of the molecule is O=S(=O)(c1ccc(N=Cc2ccc(OCc3ccccc3)cc2)cc1)N1CCCCC1. The first-order valence-corrected chi connectivity index (χ1v) is 12.0. The highest BCUT2D eigenvalue weighted by Gasteiger charge is 2.25. The maximum atomic E-state index is 12.7. The van der Waals surface area contributed by atoms with E-state index in [1.807, 2.05) is 54.6 Å². The molecule has 1 aliphatic heterocycles. The van der Waals surface area contributed by atoms with Crippen molar-refractivity contribution in [1.29, 1.82) is 0 Å². The Hall–Kier alpha value is -2.96. The van der Waals surface area contributed by atoms with E-state index < -0.39 is 10.0 Å². The highest BCUT2D eigenvalue weighted by Crippen LogP contribution is 2.23. The predicted molar refractivity (Wildman–Crippen MR) is 124 cm³/mol. The van der Waals surface area contributed by atoms with Gasteiger partial charge in [0.1, 0.15) is 12.4 Å². The van der Waals surface area contributed by atoms with Gasteiger partial charge in [-0.15, -0.1) is 0 Å². The van der Waals surface area contributed by atoms with Gasteiger partial charge in [0, 0.05) is 19.3 Å². The molecule has 3 aromatic rings. The van der Waals surface area contributed by atoms with Crippen molar-refractivity contribution >= 4 is 21.9 Å². The molecule has 160 valence electrons. The lowest BCUT2D eigenvalue weighted by atomic mass is 10.2. The molecule has 0 saturated carbocycles. The average Bonchev–Trinajstić information content (AvgIpc) is 2.83. The molecule has 1 fully saturated rings. The first-order valence-electron chi connectivity index (χ1n) is 10.5. The van der Waals surface area contributed by atoms with Crippen molar-refractivity contribution in [3.8, 4) is 5.75 Å². The molecule has 6 heteroatoms. The topological polar surface area (TPSA) is 59.0 Å². The number of piperidine rings is 1. The Balaban J connectivity index is 1.36. The zero-order chi connectivity index (χ0) is 21.5. The number of nitrogens with zero attached hydrogens (tertiary/aromatic N) is 2. The largest absolute Gasteiger partial charge is 0.489 e. The molecule has 31 heavy (non-hydrogen) atoms. The van der Waals surface area contributed by atoms with Gasteiger partial charge in [-0.05, 0) is 72.5 Å². The normalized spacial score (nSPS) is 15.2. The fourth-order valence-electron chi connectivity index (χ4n) is 3.50. The van der Waals surface area contributed by atoms with Crippen molar-refractivity contribution in [3.63, 3.8) is 0 Å². The standard InChI is InChI=1S/C25H26N2O3S/c28-31(29,27-17-5-2-6-18-27)25-15-11-23(12-16-25)26-19-21-9-13-24(14-10-21)30-20-22-7-3-1-4-8-22/h1,3-4,7-16,19H,2,5-6,17-18,20H2. The average molecular weight is 435 g/mol. The summed E-state index contributed by atoms with van der Waals surface area (Å²) in [5, 5.41) is 0. The fourth-order valence-corrected chi connectivity index (χ4v) is 5.02. The molecule has 0 amide bonds. The van der Waals surface area contributed by atoms with Gasteiger partial charge in [0.25, 0.3) is 0 Å². The number of hydrogen-bond donors (Lipinski definition) is 0. The molecule has 4 rings (SSSR count). The molecule has 0 aromatic heterocycles. The van der Waals surface area contributed by atoms with Gasteiger partial charge in [0.05, 0.1) is 10.6 Å². The summed E-state index contributed by atoms with van der Waals surface area (Å²) in [5.41, 5.74) is 2.78. The number of ether oxygens (including phenoxy) is 1. The van der Waals surface area contributed by atoms with Crippen molar-refractivity contribution in [2.45, 2.75) is 30.8 Å². The van der Waals surface area contributed by atoms with Gasteiger partial charge in [-0.3, -0.25) is 4.99 Å². The number of aliphatic imine (C=N–C) groups is 1. The Bertz CT molecular complexity index is 1100. The number of rotatable bonds is 7. The Kier molecular flexibility index (Phi) is 6.79. The first kappa shape index (κ1) is 21.3. The van der Waals surface area contributed by atoms with Crippen molar-refractivity contribution in [2.24, 2.45) is 4.99 Å². The molecular weight excluding hydrogens is 408 g/mol. The molecule has 3 aromatic carbocycles. The predicted octanol–water partition coefficient (Wildman–Crippen LogP) is 5.19. The van der Waals surface area contributed by atoms with Crippen LogP contribution in [0.1, 0.15) is 30.4 Å². The third-order valence-corrected chi connectivity index (χ3v) is 7.19. The van der Waals surface area contributed by atoms with E-state index in [0.29, 0.717) is 30.3 Å². The van der Waals surface area contributed by atoms with Crippen LogP contribution < -0.4 is 4.74 Å². The Morgan fingerprint density at radius 3 is 2.19 bits per heavy atom. The molecule has 1 heterocycles. The summed E-state index contributed by atoms with van der Waals surface area (Å²) in [7, 11) is -3.41. The molecule has 0 unspecified atom stereocenters. The summed E-state index contributed by atoms with van der Waals surface area (Å²) in [6, 6.07) is 24.5. The third-order valence-electron chi connectivity index (χ3n) is 5.28. The lowest BCUT2D eigenvalue weighted by Gasteiger charge is -2.25. The van der Waals surface area contributed by atoms with Gasteiger partial charge >= 0.3 is 0 Å². The van der Waals surface area contributed by atoms with Crippen LogP contribution in [0.2, 0.25) is 0 Å². The van der Waals surface area contributed by atoms with Gasteiger partial charge in [0.2, 0.25) is 10.0 Å². The number of hydrogen-bond acceptors (Lipinski definition) is 4. The zero-order valence-corrected chi connectivity index (χ0v) is 18.2. The first-order chi connectivity index (χ1) is 15.1. The van der Waals surface area contributed by atoms with Crippen LogP contribution in [-0.4, -0.2) is 32.0 Å². The van der Waals surface area contributed by atoms with E-state index in [0.717, 1.165) is 36.1 Å². The van der Waals surface area contributed by atoms with Crippen LogP contribution >= 0.6 is 0 Å². The monoisotopic (exact) mass is 434 g/mol. The highest BCUT2D eigenvalue weighted by molar-refractivity contribution is 7.89. The summed E-state index contributed by atoms with van der Waals surface area (Å²) < 4.78 is 32.8. The fraction of sp³-hybridized carbons (Fsp3) is 0.240. The van der Waals surface area contributed by atoms with Gasteiger partial charge < -0.3 is 4.74 Å². The molecule has 1 saturated heterocycles. The van der Waals surface area contributed by atoms with Crippen LogP contribution in [0.25, 0.3) is 0 Å². The highest BCUT2D eigenvalue weighted by atomic mass is 32.2. The summed E-state index contributed by atoms with van der Waals surface area (Å²) >= 11 is 0. The van der Waals surface area contributed by atoms with E-state index in [-0.39, 0.29) is 0 Å². The van der Waals surface area contributed by atoms with Crippen molar-refractivity contribution in [3.05, 3.63) is 90.0 Å². The second kappa shape index (κ2) is 9.90. The second-order valence-corrected chi connectivity index (χ2v) is 9.50. The minimum Gasteiger partial charge on any atom is -0.489 e. The maximum absolute atomic E-state index is 12.7. The number of benzene rings is 3. The lowest BCUT2D eigenvalue weighted by Crippen LogP contribution is -2.35. The van der Waals surface area contributed by atoms with Crippen molar-refractivity contribution < 1.29 is 13.2 Å². The third kappa shape index (κ3) is 5.60. The molecule has 0 atom stereocenters. The Labute approximate surface area is 184 Å². The van der Waals surface area contributed by atoms with Gasteiger partial charge in [-0.2, -0.15) is 4.31 Å². The van der Waals surface area contributed by atoms with E-state index in [1.165, 1.54) is 0 Å². The van der Waals surface area contributed by atoms with Gasteiger partial charge in [-0.1, -0.05) is 36.8 Å². The molecular formula is C25H26N2O3S. The van der Waals surface area contributed by atoms with Crippen LogP contribution in [-0.2, 0) is 16.6 Å². The molecule has 0 bridgehead atoms. The maximum Gasteiger partial charge on any atom is 0.243 e. The Morgan fingerprint density at radius 1 is 0.839 bits per heavy atom. The van der Waals surface area contributed by atoms with Gasteiger partial charge in [-0.25, -0.2) is 8.42 Å². The molecule has 0 aliphatic carbocycles. The van der Waals surface area contributed by atoms with E-state index >= 15 is 0 Å². The smallest absolute Gasteiger partial charge is 0.243 e. The van der Waals surface area contributed by atoms with Crippen LogP contribution in [0, 0.1) is 0 Å². The molecule has 0 N–H and O–H groups in total. The minimum absolute atomic E-state index is 0.327. The minimum atomic E-state index is -3.41. The molecule has 0 radical (unpaired) electrons. The van der Waals surface area contributed by atoms with E-state index in [4.69, 9.17) is 4.74 Å². The summed E-state index contributed by atoms with van der Waals surface area (Å²) in [6.07, 6.45) is 4.71. The van der Waals surface area contributed by atoms with Crippen LogP contribution in [0.4, 0.5) is 5.69 Å². The molecule has 5 nitrogen and oxygen atoms in total. The molecule has 1 aliphatic rings. The van der Waals surface area contributed by atoms with Crippen molar-refractivity contribution in [1.82, 2.24) is 4.31 Å². The molecule has 0 spiro atoms. The van der Waals surface area contributed by atoms with E-state index in [9.17, 15) is 8.42 Å². The lowest BCUT2D eigenvalue weighted by molar-refractivity contribution is 0.306.